The van der Waals surface area contributed by atoms with E-state index in [1.54, 1.807) is 0 Å². The Kier molecular flexibility index (Phi) is 11.8. The number of rotatable bonds is 10. The van der Waals surface area contributed by atoms with E-state index in [0.717, 1.165) is 45.5 Å². The van der Waals surface area contributed by atoms with Gasteiger partial charge in [0.25, 0.3) is 0 Å². The number of benzene rings is 15. The van der Waals surface area contributed by atoms with Gasteiger partial charge in [0.15, 0.2) is 0 Å². The summed E-state index contributed by atoms with van der Waals surface area (Å²) >= 11 is 0. The summed E-state index contributed by atoms with van der Waals surface area (Å²) in [4.78, 5) is 4.78. The van der Waals surface area contributed by atoms with E-state index >= 15 is 0 Å². The van der Waals surface area contributed by atoms with Crippen LogP contribution in [-0.4, -0.2) is 9.13 Å². The molecule has 0 aliphatic heterocycles. The van der Waals surface area contributed by atoms with E-state index in [2.05, 4.69) is 347 Å². The second-order valence-electron chi connectivity index (χ2n) is 23.0. The Morgan fingerprint density at radius 3 is 1.05 bits per heavy atom. The molecular weight excluding hydrogens is 1050 g/mol. The minimum Gasteiger partial charge on any atom is -0.310 e. The zero-order chi connectivity index (χ0) is 57.5. The van der Waals surface area contributed by atoms with Gasteiger partial charge in [-0.3, -0.25) is 0 Å². The smallest absolute Gasteiger partial charge is 0.0542 e. The summed E-state index contributed by atoms with van der Waals surface area (Å²) in [7, 11) is 0. The van der Waals surface area contributed by atoms with Crippen LogP contribution >= 0.6 is 0 Å². The predicted octanol–water partition coefficient (Wildman–Crippen LogP) is 23.1. The summed E-state index contributed by atoms with van der Waals surface area (Å²) < 4.78 is 4.82. The number of hydrogen-bond acceptors (Lipinski definition) is 2. The fourth-order valence-electron chi connectivity index (χ4n) is 13.9. The molecule has 0 spiro atoms. The first-order chi connectivity index (χ1) is 43.1. The third-order valence-corrected chi connectivity index (χ3v) is 17.8. The van der Waals surface area contributed by atoms with E-state index < -0.39 is 0 Å². The van der Waals surface area contributed by atoms with Gasteiger partial charge in [0.05, 0.1) is 22.1 Å². The maximum absolute atomic E-state index is 2.41. The van der Waals surface area contributed by atoms with Gasteiger partial charge in [-0.25, -0.2) is 0 Å². The van der Waals surface area contributed by atoms with Gasteiger partial charge < -0.3 is 18.9 Å². The van der Waals surface area contributed by atoms with Crippen LogP contribution in [0.4, 0.5) is 34.1 Å². The van der Waals surface area contributed by atoms with Crippen LogP contribution in [0.5, 0.6) is 0 Å². The van der Waals surface area contributed by atoms with E-state index in [0.29, 0.717) is 0 Å². The number of fused-ring (bicyclic) bond motifs is 10. The van der Waals surface area contributed by atoms with Crippen molar-refractivity contribution in [2.24, 2.45) is 0 Å². The van der Waals surface area contributed by atoms with Gasteiger partial charge >= 0.3 is 0 Å². The van der Waals surface area contributed by atoms with Crippen LogP contribution in [0.2, 0.25) is 0 Å². The summed E-state index contributed by atoms with van der Waals surface area (Å²) in [5.74, 6) is 0. The molecule has 408 valence electrons. The number of anilines is 6. The quantitative estimate of drug-likeness (QED) is 0.127. The highest BCUT2D eigenvalue weighted by molar-refractivity contribution is 6.22. The van der Waals surface area contributed by atoms with Gasteiger partial charge in [-0.1, -0.05) is 206 Å². The molecule has 0 atom stereocenters. The lowest BCUT2D eigenvalue weighted by molar-refractivity contribution is 1.18. The van der Waals surface area contributed by atoms with Crippen LogP contribution in [-0.2, 0) is 0 Å². The van der Waals surface area contributed by atoms with Crippen LogP contribution in [0.25, 0.3) is 120 Å². The molecule has 87 heavy (non-hydrogen) atoms. The molecule has 0 N–H and O–H groups in total. The van der Waals surface area contributed by atoms with Crippen molar-refractivity contribution < 1.29 is 0 Å². The minimum absolute atomic E-state index is 1.08. The summed E-state index contributed by atoms with van der Waals surface area (Å²) in [6, 6.07) is 118. The molecule has 0 radical (unpaired) electrons. The van der Waals surface area contributed by atoms with Crippen LogP contribution in [0.1, 0.15) is 5.56 Å². The Bertz CT molecular complexity index is 5520. The highest BCUT2D eigenvalue weighted by atomic mass is 15.1. The maximum Gasteiger partial charge on any atom is 0.0542 e. The number of nitrogens with zero attached hydrogens (tertiary/aromatic N) is 4. The van der Waals surface area contributed by atoms with Gasteiger partial charge in [0, 0.05) is 67.0 Å². The first kappa shape index (κ1) is 50.1. The molecular formula is C83H56N4. The Labute approximate surface area is 504 Å². The zero-order valence-corrected chi connectivity index (χ0v) is 47.9. The SMILES string of the molecule is Cc1ccc2c(-c3ccc(N(c4ccccc4)c4ccc5c(c4)c4ccccc4n5-c4ccc5ccccc5c4)cc3)c3ccccc3c(-c3ccc(N(c4ccccc4)c4ccc5c(c4)c4ccccc4n5-c4ccc5ccccc5c4)cc3)c2c1. The second-order valence-corrected chi connectivity index (χ2v) is 23.0. The Morgan fingerprint density at radius 2 is 0.575 bits per heavy atom. The second kappa shape index (κ2) is 20.4. The van der Waals surface area contributed by atoms with Crippen molar-refractivity contribution in [3.63, 3.8) is 0 Å². The molecule has 2 aromatic heterocycles. The molecule has 0 fully saturated rings. The summed E-state index contributed by atoms with van der Waals surface area (Å²) in [6.45, 7) is 2.21. The molecule has 4 nitrogen and oxygen atoms in total. The molecule has 0 bridgehead atoms. The summed E-state index contributed by atoms with van der Waals surface area (Å²) in [5, 5.41) is 14.7. The lowest BCUT2D eigenvalue weighted by atomic mass is 9.85. The minimum atomic E-state index is 1.08. The van der Waals surface area contributed by atoms with Crippen molar-refractivity contribution in [2.75, 3.05) is 9.80 Å². The maximum atomic E-state index is 2.41. The van der Waals surface area contributed by atoms with Crippen molar-refractivity contribution in [1.82, 2.24) is 9.13 Å². The predicted molar refractivity (Wildman–Crippen MR) is 370 cm³/mol. The molecule has 0 saturated heterocycles. The highest BCUT2D eigenvalue weighted by Gasteiger charge is 2.23. The van der Waals surface area contributed by atoms with Gasteiger partial charge in [0.2, 0.25) is 0 Å². The number of para-hydroxylation sites is 4. The normalized spacial score (nSPS) is 11.7. The monoisotopic (exact) mass is 1110 g/mol. The average Bonchev–Trinajstić information content (AvgIpc) is 2.30. The molecule has 0 unspecified atom stereocenters. The van der Waals surface area contributed by atoms with Crippen molar-refractivity contribution in [2.45, 2.75) is 6.92 Å². The molecule has 0 aliphatic rings. The molecule has 17 aromatic rings. The number of aryl methyl sites for hydroxylation is 1. The summed E-state index contributed by atoms with van der Waals surface area (Å²) in [6.07, 6.45) is 0. The van der Waals surface area contributed by atoms with Gasteiger partial charge in [0.1, 0.15) is 0 Å². The fourth-order valence-corrected chi connectivity index (χ4v) is 13.9. The number of hydrogen-bond donors (Lipinski definition) is 0. The first-order valence-corrected chi connectivity index (χ1v) is 30.0. The van der Waals surface area contributed by atoms with Crippen molar-refractivity contribution in [3.05, 3.63) is 327 Å². The molecule has 0 aliphatic carbocycles. The highest BCUT2D eigenvalue weighted by Crippen LogP contribution is 2.48. The standard InChI is InChI=1S/C83H56N4/c1-55-32-47-74-77(50-55)83(59-37-41-65(42-38-59)85(63-24-6-3-7-25-63)69-46-49-81-76(54-69)71-27-15-17-31-79(71)87(81)67-44-34-57-19-9-11-21-61(57)52-67)73-29-13-12-28-72(73)82(74)58-35-39-64(40-36-58)84(62-22-4-2-5-23-62)68-45-48-80-75(53-68)70-26-14-16-30-78(70)86(80)66-43-33-56-18-8-10-20-60(56)51-66/h2-54H,1H3. The fraction of sp³-hybridized carbons (Fsp3) is 0.0120. The third-order valence-electron chi connectivity index (χ3n) is 17.8. The molecule has 15 aromatic carbocycles. The molecule has 0 amide bonds. The van der Waals surface area contributed by atoms with Gasteiger partial charge in [-0.2, -0.15) is 0 Å². The Hall–Kier alpha value is -11.5. The largest absolute Gasteiger partial charge is 0.310 e. The van der Waals surface area contributed by atoms with Crippen molar-refractivity contribution in [3.8, 4) is 33.6 Å². The van der Waals surface area contributed by atoms with Crippen LogP contribution in [0.3, 0.4) is 0 Å². The van der Waals surface area contributed by atoms with Crippen LogP contribution in [0, 0.1) is 6.92 Å². The third kappa shape index (κ3) is 8.37. The molecule has 2 heterocycles. The molecule has 17 rings (SSSR count). The van der Waals surface area contributed by atoms with E-state index in [4.69, 9.17) is 0 Å². The number of aromatic nitrogens is 2. The van der Waals surface area contributed by atoms with Gasteiger partial charge in [-0.05, 0) is 194 Å². The van der Waals surface area contributed by atoms with E-state index in [1.807, 2.05) is 0 Å². The Morgan fingerprint density at radius 1 is 0.218 bits per heavy atom. The summed E-state index contributed by atoms with van der Waals surface area (Å²) in [5.41, 5.74) is 19.6. The molecule has 0 saturated carbocycles. The zero-order valence-electron chi connectivity index (χ0n) is 47.9. The van der Waals surface area contributed by atoms with Gasteiger partial charge in [-0.15, -0.1) is 0 Å². The van der Waals surface area contributed by atoms with E-state index in [1.165, 1.54) is 115 Å². The lowest BCUT2D eigenvalue weighted by Gasteiger charge is -2.26. The average molecular weight is 1110 g/mol. The Balaban J connectivity index is 0.757. The van der Waals surface area contributed by atoms with Crippen molar-refractivity contribution in [1.29, 1.82) is 0 Å². The van der Waals surface area contributed by atoms with Crippen molar-refractivity contribution >= 4 is 121 Å². The van der Waals surface area contributed by atoms with E-state index in [9.17, 15) is 0 Å². The first-order valence-electron chi connectivity index (χ1n) is 30.0. The van der Waals surface area contributed by atoms with Crippen LogP contribution < -0.4 is 9.80 Å². The topological polar surface area (TPSA) is 16.3 Å². The van der Waals surface area contributed by atoms with Crippen LogP contribution in [0.15, 0.2) is 322 Å². The van der Waals surface area contributed by atoms with E-state index in [-0.39, 0.29) is 0 Å². The molecule has 4 heteroatoms. The lowest BCUT2D eigenvalue weighted by Crippen LogP contribution is -2.09.